The summed E-state index contributed by atoms with van der Waals surface area (Å²) in [5, 5.41) is 0. The van der Waals surface area contributed by atoms with Crippen LogP contribution in [-0.2, 0) is 11.8 Å². The minimum Gasteiger partial charge on any atom is -0.294 e. The van der Waals surface area contributed by atoms with Crippen molar-refractivity contribution in [2.75, 3.05) is 0 Å². The molecule has 0 radical (unpaired) electrons. The minimum atomic E-state index is 0.00564. The number of rotatable bonds is 5. The first-order valence-electron chi connectivity index (χ1n) is 7.65. The molecule has 0 aromatic heterocycles. The van der Waals surface area contributed by atoms with Gasteiger partial charge >= 0.3 is 0 Å². The lowest BCUT2D eigenvalue weighted by molar-refractivity contribution is 0.0978. The second kappa shape index (κ2) is 6.71. The highest BCUT2D eigenvalue weighted by molar-refractivity contribution is 5.97. The predicted octanol–water partition coefficient (Wildman–Crippen LogP) is 5.19. The zero-order valence-electron chi connectivity index (χ0n) is 13.2. The Morgan fingerprint density at radius 2 is 1.52 bits per heavy atom. The van der Waals surface area contributed by atoms with Crippen molar-refractivity contribution < 1.29 is 4.79 Å². The third kappa shape index (κ3) is 4.29. The Morgan fingerprint density at radius 3 is 2.19 bits per heavy atom. The maximum Gasteiger partial charge on any atom is 0.163 e. The zero-order valence-corrected chi connectivity index (χ0v) is 13.2. The average molecular weight is 280 g/mol. The zero-order chi connectivity index (χ0) is 15.3. The summed E-state index contributed by atoms with van der Waals surface area (Å²) < 4.78 is 0. The molecule has 2 aromatic carbocycles. The van der Waals surface area contributed by atoms with Gasteiger partial charge in [-0.1, -0.05) is 75.4 Å². The molecule has 2 aromatic rings. The molecule has 0 aliphatic carbocycles. The van der Waals surface area contributed by atoms with Crippen LogP contribution in [0.25, 0.3) is 0 Å². The molecule has 2 rings (SSSR count). The summed E-state index contributed by atoms with van der Waals surface area (Å²) in [4.78, 5) is 12.5. The molecule has 0 saturated heterocycles. The second-order valence-corrected chi connectivity index (χ2v) is 6.56. The van der Waals surface area contributed by atoms with Crippen LogP contribution in [0.15, 0.2) is 54.6 Å². The number of carbonyl (C=O) groups is 1. The summed E-state index contributed by atoms with van der Waals surface area (Å²) in [6.45, 7) is 6.47. The van der Waals surface area contributed by atoms with Crippen molar-refractivity contribution in [1.82, 2.24) is 0 Å². The number of hydrogen-bond acceptors (Lipinski definition) is 1. The van der Waals surface area contributed by atoms with Crippen molar-refractivity contribution in [3.8, 4) is 0 Å². The minimum absolute atomic E-state index is 0.00564. The Bertz CT molecular complexity index is 591. The number of carbonyl (C=O) groups excluding carboxylic acids is 1. The van der Waals surface area contributed by atoms with Crippen molar-refractivity contribution >= 4 is 5.78 Å². The third-order valence-electron chi connectivity index (χ3n) is 3.75. The Labute approximate surface area is 128 Å². The lowest BCUT2D eigenvalue weighted by Gasteiger charge is -2.22. The molecule has 0 aliphatic rings. The van der Waals surface area contributed by atoms with Crippen LogP contribution in [0.4, 0.5) is 0 Å². The number of Topliss-reactive ketones (excluding diaryl/α,β-unsaturated/α-hetero) is 1. The first-order chi connectivity index (χ1) is 9.98. The van der Waals surface area contributed by atoms with Gasteiger partial charge < -0.3 is 0 Å². The van der Waals surface area contributed by atoms with Gasteiger partial charge in [0.25, 0.3) is 0 Å². The number of ketones is 1. The summed E-state index contributed by atoms with van der Waals surface area (Å²) in [6, 6.07) is 18.4. The highest BCUT2D eigenvalue weighted by Gasteiger charge is 2.20. The van der Waals surface area contributed by atoms with Crippen molar-refractivity contribution in [3.05, 3.63) is 71.3 Å². The molecule has 0 saturated carbocycles. The van der Waals surface area contributed by atoms with Crippen molar-refractivity contribution in [3.63, 3.8) is 0 Å². The molecule has 0 aliphatic heterocycles. The number of aryl methyl sites for hydroxylation is 1. The largest absolute Gasteiger partial charge is 0.294 e. The summed E-state index contributed by atoms with van der Waals surface area (Å²) >= 11 is 0. The molecule has 0 spiro atoms. The number of hydrogen-bond donors (Lipinski definition) is 0. The van der Waals surface area contributed by atoms with Gasteiger partial charge in [0.15, 0.2) is 5.78 Å². The molecular formula is C20H24O. The quantitative estimate of drug-likeness (QED) is 0.689. The van der Waals surface area contributed by atoms with Crippen LogP contribution in [0.1, 0.15) is 55.1 Å². The SMILES string of the molecule is CC(C)(C)c1ccccc1C(=O)CCCc1ccccc1. The van der Waals surface area contributed by atoms with Crippen molar-refractivity contribution in [2.24, 2.45) is 0 Å². The first kappa shape index (κ1) is 15.5. The van der Waals surface area contributed by atoms with E-state index in [9.17, 15) is 4.79 Å². The highest BCUT2D eigenvalue weighted by Crippen LogP contribution is 2.26. The van der Waals surface area contributed by atoms with Gasteiger partial charge in [0.05, 0.1) is 0 Å². The van der Waals surface area contributed by atoms with Gasteiger partial charge in [-0.25, -0.2) is 0 Å². The first-order valence-corrected chi connectivity index (χ1v) is 7.65. The number of benzene rings is 2. The van der Waals surface area contributed by atoms with E-state index in [0.29, 0.717) is 6.42 Å². The molecule has 1 nitrogen and oxygen atoms in total. The summed E-state index contributed by atoms with van der Waals surface area (Å²) in [5.41, 5.74) is 3.34. The van der Waals surface area contributed by atoms with Gasteiger partial charge in [-0.3, -0.25) is 4.79 Å². The van der Waals surface area contributed by atoms with E-state index in [1.165, 1.54) is 5.56 Å². The standard InChI is InChI=1S/C20H24O/c1-20(2,3)18-14-8-7-13-17(18)19(21)15-9-12-16-10-5-4-6-11-16/h4-8,10-11,13-14H,9,12,15H2,1-3H3. The third-order valence-corrected chi connectivity index (χ3v) is 3.75. The van der Waals surface area contributed by atoms with E-state index in [2.05, 4.69) is 39.0 Å². The molecule has 0 unspecified atom stereocenters. The topological polar surface area (TPSA) is 17.1 Å². The summed E-state index contributed by atoms with van der Waals surface area (Å²) in [6.07, 6.45) is 2.48. The fraction of sp³-hybridized carbons (Fsp3) is 0.350. The Morgan fingerprint density at radius 1 is 0.905 bits per heavy atom. The molecule has 110 valence electrons. The lowest BCUT2D eigenvalue weighted by atomic mass is 9.82. The lowest BCUT2D eigenvalue weighted by Crippen LogP contribution is -2.16. The summed E-state index contributed by atoms with van der Waals surface area (Å²) in [5.74, 6) is 0.261. The van der Waals surface area contributed by atoms with E-state index in [1.54, 1.807) is 0 Å². The smallest absolute Gasteiger partial charge is 0.163 e. The summed E-state index contributed by atoms with van der Waals surface area (Å²) in [7, 11) is 0. The van der Waals surface area contributed by atoms with Gasteiger partial charge in [0.2, 0.25) is 0 Å². The molecule has 21 heavy (non-hydrogen) atoms. The van der Waals surface area contributed by atoms with Gasteiger partial charge in [-0.2, -0.15) is 0 Å². The van der Waals surface area contributed by atoms with Crippen LogP contribution < -0.4 is 0 Å². The fourth-order valence-electron chi connectivity index (χ4n) is 2.61. The van der Waals surface area contributed by atoms with E-state index in [0.717, 1.165) is 24.0 Å². The molecule has 1 heteroatoms. The molecule has 0 atom stereocenters. The Kier molecular flexibility index (Phi) is 4.95. The van der Waals surface area contributed by atoms with Gasteiger partial charge in [0.1, 0.15) is 0 Å². The normalized spacial score (nSPS) is 11.4. The molecular weight excluding hydrogens is 256 g/mol. The van der Waals surface area contributed by atoms with Crippen LogP contribution in [-0.4, -0.2) is 5.78 Å². The second-order valence-electron chi connectivity index (χ2n) is 6.56. The van der Waals surface area contributed by atoms with E-state index in [-0.39, 0.29) is 11.2 Å². The molecule has 0 bridgehead atoms. The molecule has 0 fully saturated rings. The van der Waals surface area contributed by atoms with Crippen LogP contribution in [0.5, 0.6) is 0 Å². The Balaban J connectivity index is 2.01. The van der Waals surface area contributed by atoms with Crippen LogP contribution in [0.3, 0.4) is 0 Å². The maximum absolute atomic E-state index is 12.5. The van der Waals surface area contributed by atoms with Crippen LogP contribution >= 0.6 is 0 Å². The maximum atomic E-state index is 12.5. The van der Waals surface area contributed by atoms with Crippen molar-refractivity contribution in [2.45, 2.75) is 45.4 Å². The molecule has 0 heterocycles. The molecule has 0 N–H and O–H groups in total. The highest BCUT2D eigenvalue weighted by atomic mass is 16.1. The monoisotopic (exact) mass is 280 g/mol. The van der Waals surface area contributed by atoms with E-state index >= 15 is 0 Å². The van der Waals surface area contributed by atoms with Gasteiger partial charge in [-0.05, 0) is 29.4 Å². The van der Waals surface area contributed by atoms with Crippen molar-refractivity contribution in [1.29, 1.82) is 0 Å². The average Bonchev–Trinajstić information content (AvgIpc) is 2.47. The fourth-order valence-corrected chi connectivity index (χ4v) is 2.61. The van der Waals surface area contributed by atoms with Crippen LogP contribution in [0, 0.1) is 0 Å². The van der Waals surface area contributed by atoms with Crippen LogP contribution in [0.2, 0.25) is 0 Å². The van der Waals surface area contributed by atoms with E-state index < -0.39 is 0 Å². The Hall–Kier alpha value is -1.89. The predicted molar refractivity (Wildman–Crippen MR) is 88.9 cm³/mol. The van der Waals surface area contributed by atoms with Gasteiger partial charge in [0, 0.05) is 12.0 Å². The van der Waals surface area contributed by atoms with E-state index in [1.807, 2.05) is 36.4 Å². The van der Waals surface area contributed by atoms with E-state index in [4.69, 9.17) is 0 Å². The molecule has 0 amide bonds. The van der Waals surface area contributed by atoms with Gasteiger partial charge in [-0.15, -0.1) is 0 Å².